The van der Waals surface area contributed by atoms with Crippen LogP contribution in [0, 0.1) is 0 Å². The first-order valence-electron chi connectivity index (χ1n) is 8.23. The summed E-state index contributed by atoms with van der Waals surface area (Å²) in [6.45, 7) is 9.71. The number of hydrogen-bond acceptors (Lipinski definition) is 4. The smallest absolute Gasteiger partial charge is 0.166 e. The van der Waals surface area contributed by atoms with Crippen molar-refractivity contribution in [2.45, 2.75) is 45.8 Å². The van der Waals surface area contributed by atoms with Crippen LogP contribution in [0.3, 0.4) is 0 Å². The van der Waals surface area contributed by atoms with Crippen molar-refractivity contribution in [3.63, 3.8) is 0 Å². The highest BCUT2D eigenvalue weighted by molar-refractivity contribution is 5.98. The zero-order chi connectivity index (χ0) is 15.9. The van der Waals surface area contributed by atoms with Gasteiger partial charge in [-0.25, -0.2) is 0 Å². The van der Waals surface area contributed by atoms with Crippen LogP contribution >= 0.6 is 12.4 Å². The lowest BCUT2D eigenvalue weighted by molar-refractivity contribution is -0.0686. The number of ketones is 1. The Balaban J connectivity index is 0.00000264. The molecule has 0 spiro atoms. The van der Waals surface area contributed by atoms with Gasteiger partial charge in [-0.05, 0) is 32.4 Å². The summed E-state index contributed by atoms with van der Waals surface area (Å²) < 4.78 is 11.6. The van der Waals surface area contributed by atoms with Crippen LogP contribution in [0.2, 0.25) is 0 Å². The van der Waals surface area contributed by atoms with Crippen LogP contribution in [-0.2, 0) is 4.74 Å². The second-order valence-electron chi connectivity index (χ2n) is 5.99. The minimum Gasteiger partial charge on any atom is -0.493 e. The number of nitrogens with zero attached hydrogens (tertiary/aromatic N) is 1. The SMILES string of the molecule is CCC(=O)c1ccccc1OCCCN1CC(C)OC(C)C1.Cl. The van der Waals surface area contributed by atoms with Crippen LogP contribution in [-0.4, -0.2) is 49.1 Å². The van der Waals surface area contributed by atoms with E-state index < -0.39 is 0 Å². The molecule has 1 aromatic carbocycles. The molecule has 1 saturated heterocycles. The molecule has 1 aliphatic heterocycles. The Morgan fingerprint density at radius 2 is 1.91 bits per heavy atom. The summed E-state index contributed by atoms with van der Waals surface area (Å²) in [5.74, 6) is 0.837. The first kappa shape index (κ1) is 19.9. The lowest BCUT2D eigenvalue weighted by atomic mass is 10.1. The quantitative estimate of drug-likeness (QED) is 0.561. The molecule has 5 heteroatoms. The van der Waals surface area contributed by atoms with Crippen LogP contribution in [0.1, 0.15) is 44.0 Å². The van der Waals surface area contributed by atoms with Gasteiger partial charge in [-0.15, -0.1) is 12.4 Å². The topological polar surface area (TPSA) is 38.8 Å². The zero-order valence-electron chi connectivity index (χ0n) is 14.3. The number of morpholine rings is 1. The second-order valence-corrected chi connectivity index (χ2v) is 5.99. The molecule has 2 rings (SSSR count). The van der Waals surface area contributed by atoms with E-state index in [1.54, 1.807) is 0 Å². The van der Waals surface area contributed by atoms with Gasteiger partial charge >= 0.3 is 0 Å². The maximum Gasteiger partial charge on any atom is 0.166 e. The van der Waals surface area contributed by atoms with Crippen molar-refractivity contribution in [2.24, 2.45) is 0 Å². The summed E-state index contributed by atoms with van der Waals surface area (Å²) >= 11 is 0. The normalized spacial score (nSPS) is 21.5. The van der Waals surface area contributed by atoms with Crippen molar-refractivity contribution in [3.05, 3.63) is 29.8 Å². The van der Waals surface area contributed by atoms with E-state index in [0.29, 0.717) is 36.5 Å². The number of para-hydroxylation sites is 1. The van der Waals surface area contributed by atoms with Crippen molar-refractivity contribution in [3.8, 4) is 5.75 Å². The maximum atomic E-state index is 11.9. The van der Waals surface area contributed by atoms with Gasteiger partial charge in [-0.2, -0.15) is 0 Å². The van der Waals surface area contributed by atoms with Gasteiger partial charge in [0, 0.05) is 26.1 Å². The number of benzene rings is 1. The molecular weight excluding hydrogens is 314 g/mol. The molecular formula is C18H28ClNO3. The molecule has 0 aliphatic carbocycles. The molecule has 0 radical (unpaired) electrons. The number of Topliss-reactive ketones (excluding diaryl/α,β-unsaturated/α-hetero) is 1. The number of rotatable bonds is 7. The van der Waals surface area contributed by atoms with Gasteiger partial charge in [-0.3, -0.25) is 9.69 Å². The molecule has 130 valence electrons. The van der Waals surface area contributed by atoms with E-state index in [1.165, 1.54) is 0 Å². The number of carbonyl (C=O) groups is 1. The van der Waals surface area contributed by atoms with E-state index in [-0.39, 0.29) is 18.2 Å². The molecule has 0 bridgehead atoms. The minimum absolute atomic E-state index is 0. The standard InChI is InChI=1S/C18H27NO3.ClH/c1-4-17(20)16-8-5-6-9-18(16)21-11-7-10-19-12-14(2)22-15(3)13-19;/h5-6,8-9,14-15H,4,7,10-13H2,1-3H3;1H. The highest BCUT2D eigenvalue weighted by Gasteiger charge is 2.21. The first-order valence-corrected chi connectivity index (χ1v) is 8.23. The van der Waals surface area contributed by atoms with Crippen molar-refractivity contribution >= 4 is 18.2 Å². The van der Waals surface area contributed by atoms with Crippen LogP contribution in [0.5, 0.6) is 5.75 Å². The third-order valence-corrected chi connectivity index (χ3v) is 3.88. The van der Waals surface area contributed by atoms with E-state index in [1.807, 2.05) is 31.2 Å². The Morgan fingerprint density at radius 1 is 1.26 bits per heavy atom. The van der Waals surface area contributed by atoms with E-state index in [9.17, 15) is 4.79 Å². The first-order chi connectivity index (χ1) is 10.6. The number of halogens is 1. The van der Waals surface area contributed by atoms with E-state index in [2.05, 4.69) is 18.7 Å². The molecule has 1 fully saturated rings. The Bertz CT molecular complexity index is 485. The minimum atomic E-state index is 0. The summed E-state index contributed by atoms with van der Waals surface area (Å²) in [6.07, 6.45) is 2.05. The molecule has 2 atom stereocenters. The molecule has 0 N–H and O–H groups in total. The highest BCUT2D eigenvalue weighted by atomic mass is 35.5. The van der Waals surface area contributed by atoms with Gasteiger partial charge in [-0.1, -0.05) is 19.1 Å². The highest BCUT2D eigenvalue weighted by Crippen LogP contribution is 2.20. The van der Waals surface area contributed by atoms with E-state index in [0.717, 1.165) is 26.1 Å². The van der Waals surface area contributed by atoms with Gasteiger partial charge in [0.05, 0.1) is 24.4 Å². The van der Waals surface area contributed by atoms with Gasteiger partial charge < -0.3 is 9.47 Å². The van der Waals surface area contributed by atoms with Crippen LogP contribution in [0.4, 0.5) is 0 Å². The van der Waals surface area contributed by atoms with E-state index in [4.69, 9.17) is 9.47 Å². The fourth-order valence-corrected chi connectivity index (χ4v) is 2.95. The largest absolute Gasteiger partial charge is 0.493 e. The Kier molecular flexibility index (Phi) is 8.59. The average Bonchev–Trinajstić information content (AvgIpc) is 2.50. The maximum absolute atomic E-state index is 11.9. The molecule has 0 amide bonds. The van der Waals surface area contributed by atoms with Crippen LogP contribution < -0.4 is 4.74 Å². The molecule has 1 heterocycles. The number of ether oxygens (including phenoxy) is 2. The summed E-state index contributed by atoms with van der Waals surface area (Å²) in [5, 5.41) is 0. The number of hydrogen-bond donors (Lipinski definition) is 0. The van der Waals surface area contributed by atoms with Crippen molar-refractivity contribution < 1.29 is 14.3 Å². The van der Waals surface area contributed by atoms with E-state index >= 15 is 0 Å². The van der Waals surface area contributed by atoms with Gasteiger partial charge in [0.2, 0.25) is 0 Å². The van der Waals surface area contributed by atoms with Gasteiger partial charge in [0.25, 0.3) is 0 Å². The lowest BCUT2D eigenvalue weighted by Crippen LogP contribution is -2.45. The molecule has 2 unspecified atom stereocenters. The monoisotopic (exact) mass is 341 g/mol. The summed E-state index contributed by atoms with van der Waals surface area (Å²) in [6, 6.07) is 7.51. The van der Waals surface area contributed by atoms with Crippen molar-refractivity contribution in [1.29, 1.82) is 0 Å². The summed E-state index contributed by atoms with van der Waals surface area (Å²) in [5.41, 5.74) is 0.693. The zero-order valence-corrected chi connectivity index (χ0v) is 15.1. The van der Waals surface area contributed by atoms with Gasteiger partial charge in [0.15, 0.2) is 5.78 Å². The predicted octanol–water partition coefficient (Wildman–Crippen LogP) is 3.58. The molecule has 0 aromatic heterocycles. The molecule has 4 nitrogen and oxygen atoms in total. The van der Waals surface area contributed by atoms with Crippen LogP contribution in [0.25, 0.3) is 0 Å². The molecule has 23 heavy (non-hydrogen) atoms. The van der Waals surface area contributed by atoms with Crippen LogP contribution in [0.15, 0.2) is 24.3 Å². The Hall–Kier alpha value is -1.10. The van der Waals surface area contributed by atoms with Crippen molar-refractivity contribution in [2.75, 3.05) is 26.2 Å². The third-order valence-electron chi connectivity index (χ3n) is 3.88. The summed E-state index contributed by atoms with van der Waals surface area (Å²) in [4.78, 5) is 14.3. The molecule has 1 aromatic rings. The average molecular weight is 342 g/mol. The summed E-state index contributed by atoms with van der Waals surface area (Å²) in [7, 11) is 0. The second kappa shape index (κ2) is 9.91. The van der Waals surface area contributed by atoms with Gasteiger partial charge in [0.1, 0.15) is 5.75 Å². The fourth-order valence-electron chi connectivity index (χ4n) is 2.95. The molecule has 0 saturated carbocycles. The number of carbonyl (C=O) groups excluding carboxylic acids is 1. The Morgan fingerprint density at radius 3 is 2.57 bits per heavy atom. The lowest BCUT2D eigenvalue weighted by Gasteiger charge is -2.35. The molecule has 1 aliphatic rings. The predicted molar refractivity (Wildman–Crippen MR) is 94.9 cm³/mol. The third kappa shape index (κ3) is 6.13. The van der Waals surface area contributed by atoms with Crippen molar-refractivity contribution in [1.82, 2.24) is 4.90 Å². The fraction of sp³-hybridized carbons (Fsp3) is 0.611. The Labute approximate surface area is 145 Å².